The van der Waals surface area contributed by atoms with E-state index in [2.05, 4.69) is 5.32 Å². The van der Waals surface area contributed by atoms with Gasteiger partial charge in [-0.2, -0.15) is 0 Å². The molecule has 0 aromatic heterocycles. The first-order chi connectivity index (χ1) is 12.5. The van der Waals surface area contributed by atoms with E-state index >= 15 is 0 Å². The molecular formula is C20H20F3NO2. The molecule has 0 atom stereocenters. The molecule has 1 amide bonds. The molecule has 1 fully saturated rings. The molecule has 6 heteroatoms. The first-order valence-electron chi connectivity index (χ1n) is 8.59. The van der Waals surface area contributed by atoms with Crippen molar-refractivity contribution in [3.63, 3.8) is 0 Å². The second-order valence-electron chi connectivity index (χ2n) is 6.59. The van der Waals surface area contributed by atoms with Crippen LogP contribution in [-0.4, -0.2) is 19.1 Å². The summed E-state index contributed by atoms with van der Waals surface area (Å²) in [5, 5.41) is 2.90. The Kier molecular flexibility index (Phi) is 5.49. The lowest BCUT2D eigenvalue weighted by Gasteiger charge is -2.16. The number of ether oxygens (including phenoxy) is 1. The van der Waals surface area contributed by atoms with Crippen LogP contribution in [0.15, 0.2) is 42.5 Å². The Morgan fingerprint density at radius 1 is 1.04 bits per heavy atom. The topological polar surface area (TPSA) is 38.3 Å². The van der Waals surface area contributed by atoms with Gasteiger partial charge in [-0.3, -0.25) is 4.79 Å². The normalized spacial score (nSPS) is 14.7. The van der Waals surface area contributed by atoms with Gasteiger partial charge < -0.3 is 10.1 Å². The van der Waals surface area contributed by atoms with Crippen LogP contribution in [0.4, 0.5) is 13.2 Å². The van der Waals surface area contributed by atoms with Gasteiger partial charge in [-0.15, -0.1) is 0 Å². The lowest BCUT2D eigenvalue weighted by molar-refractivity contribution is -0.121. The quantitative estimate of drug-likeness (QED) is 0.717. The number of rotatable bonds is 8. The summed E-state index contributed by atoms with van der Waals surface area (Å²) in [5.74, 6) is -1.83. The number of benzene rings is 2. The highest BCUT2D eigenvalue weighted by Crippen LogP contribution is 2.47. The Hall–Kier alpha value is -2.50. The Bertz CT molecular complexity index is 773. The van der Waals surface area contributed by atoms with E-state index in [9.17, 15) is 18.0 Å². The molecule has 1 N–H and O–H groups in total. The maximum Gasteiger partial charge on any atom is 0.220 e. The minimum atomic E-state index is -0.760. The minimum absolute atomic E-state index is 0.0277. The molecule has 0 heterocycles. The summed E-state index contributed by atoms with van der Waals surface area (Å²) in [7, 11) is 0. The molecule has 2 aromatic rings. The molecular weight excluding hydrogens is 343 g/mol. The monoisotopic (exact) mass is 363 g/mol. The van der Waals surface area contributed by atoms with Crippen molar-refractivity contribution in [3.05, 3.63) is 65.5 Å². The first-order valence-corrected chi connectivity index (χ1v) is 8.59. The van der Waals surface area contributed by atoms with Gasteiger partial charge >= 0.3 is 0 Å². The first kappa shape index (κ1) is 18.3. The summed E-state index contributed by atoms with van der Waals surface area (Å²) in [5.41, 5.74) is 0.950. The largest absolute Gasteiger partial charge is 0.491 e. The SMILES string of the molecule is O=C(CCCOc1ccc(F)cc1F)NCC1(c2ccc(F)cc2)CC1. The van der Waals surface area contributed by atoms with E-state index in [1.54, 1.807) is 12.1 Å². The van der Waals surface area contributed by atoms with Crippen LogP contribution >= 0.6 is 0 Å². The average Bonchev–Trinajstić information content (AvgIpc) is 3.40. The Morgan fingerprint density at radius 2 is 1.73 bits per heavy atom. The molecule has 0 radical (unpaired) electrons. The maximum atomic E-state index is 13.4. The lowest BCUT2D eigenvalue weighted by Crippen LogP contribution is -2.32. The number of hydrogen-bond acceptors (Lipinski definition) is 2. The Balaban J connectivity index is 1.39. The second-order valence-corrected chi connectivity index (χ2v) is 6.59. The highest BCUT2D eigenvalue weighted by Gasteiger charge is 2.44. The van der Waals surface area contributed by atoms with E-state index in [1.807, 2.05) is 0 Å². The zero-order valence-electron chi connectivity index (χ0n) is 14.2. The standard InChI is InChI=1S/C20H20F3NO2/c21-15-5-3-14(4-6-15)20(9-10-20)13-24-19(25)2-1-11-26-18-8-7-16(22)12-17(18)23/h3-8,12H,1-2,9-11,13H2,(H,24,25). The van der Waals surface area contributed by atoms with Crippen molar-refractivity contribution in [2.45, 2.75) is 31.1 Å². The second kappa shape index (κ2) is 7.81. The van der Waals surface area contributed by atoms with E-state index < -0.39 is 11.6 Å². The van der Waals surface area contributed by atoms with E-state index in [4.69, 9.17) is 4.74 Å². The Labute approximate surface area is 150 Å². The summed E-state index contributed by atoms with van der Waals surface area (Å²) in [6.07, 6.45) is 2.60. The van der Waals surface area contributed by atoms with Crippen LogP contribution in [0.5, 0.6) is 5.75 Å². The molecule has 1 saturated carbocycles. The fourth-order valence-corrected chi connectivity index (χ4v) is 2.89. The third kappa shape index (κ3) is 4.56. The number of nitrogens with one attached hydrogen (secondary N) is 1. The third-order valence-electron chi connectivity index (χ3n) is 4.63. The number of carbonyl (C=O) groups excluding carboxylic acids is 1. The summed E-state index contributed by atoms with van der Waals surface area (Å²) < 4.78 is 44.5. The fraction of sp³-hybridized carbons (Fsp3) is 0.350. The summed E-state index contributed by atoms with van der Waals surface area (Å²) in [6, 6.07) is 9.50. The zero-order chi connectivity index (χ0) is 18.6. The predicted molar refractivity (Wildman–Crippen MR) is 91.4 cm³/mol. The van der Waals surface area contributed by atoms with Crippen LogP contribution in [0.2, 0.25) is 0 Å². The average molecular weight is 363 g/mol. The number of amides is 1. The molecule has 0 unspecified atom stereocenters. The molecule has 26 heavy (non-hydrogen) atoms. The molecule has 0 aliphatic heterocycles. The molecule has 2 aromatic carbocycles. The van der Waals surface area contributed by atoms with Gasteiger partial charge in [-0.25, -0.2) is 13.2 Å². The van der Waals surface area contributed by atoms with Crippen LogP contribution < -0.4 is 10.1 Å². The predicted octanol–water partition coefficient (Wildman–Crippen LogP) is 4.11. The van der Waals surface area contributed by atoms with Gasteiger partial charge in [0.2, 0.25) is 5.91 Å². The number of halogens is 3. The van der Waals surface area contributed by atoms with Crippen molar-refractivity contribution in [2.75, 3.05) is 13.2 Å². The molecule has 3 nitrogen and oxygen atoms in total. The molecule has 3 rings (SSSR count). The van der Waals surface area contributed by atoms with Crippen molar-refractivity contribution < 1.29 is 22.7 Å². The molecule has 138 valence electrons. The van der Waals surface area contributed by atoms with Gasteiger partial charge in [0.1, 0.15) is 11.6 Å². The molecule has 1 aliphatic rings. The van der Waals surface area contributed by atoms with Crippen LogP contribution in [0, 0.1) is 17.5 Å². The summed E-state index contributed by atoms with van der Waals surface area (Å²) >= 11 is 0. The van der Waals surface area contributed by atoms with Gasteiger partial charge in [-0.1, -0.05) is 12.1 Å². The van der Waals surface area contributed by atoms with Crippen molar-refractivity contribution in [1.82, 2.24) is 5.32 Å². The van der Waals surface area contributed by atoms with Gasteiger partial charge in [-0.05, 0) is 49.1 Å². The molecule has 1 aliphatic carbocycles. The summed E-state index contributed by atoms with van der Waals surface area (Å²) in [6.45, 7) is 0.685. The maximum absolute atomic E-state index is 13.4. The van der Waals surface area contributed by atoms with Gasteiger partial charge in [0.15, 0.2) is 11.6 Å². The Morgan fingerprint density at radius 3 is 2.38 bits per heavy atom. The highest BCUT2D eigenvalue weighted by molar-refractivity contribution is 5.76. The van der Waals surface area contributed by atoms with Crippen LogP contribution in [0.3, 0.4) is 0 Å². The van der Waals surface area contributed by atoms with E-state index in [0.717, 1.165) is 30.5 Å². The zero-order valence-corrected chi connectivity index (χ0v) is 14.2. The lowest BCUT2D eigenvalue weighted by atomic mass is 9.96. The van der Waals surface area contributed by atoms with Crippen LogP contribution in [-0.2, 0) is 10.2 Å². The summed E-state index contributed by atoms with van der Waals surface area (Å²) in [4.78, 5) is 12.0. The molecule has 0 spiro atoms. The van der Waals surface area contributed by atoms with Crippen molar-refractivity contribution in [3.8, 4) is 5.75 Å². The van der Waals surface area contributed by atoms with Crippen molar-refractivity contribution in [1.29, 1.82) is 0 Å². The number of hydrogen-bond donors (Lipinski definition) is 1. The third-order valence-corrected chi connectivity index (χ3v) is 4.63. The van der Waals surface area contributed by atoms with E-state index in [-0.39, 0.29) is 35.9 Å². The van der Waals surface area contributed by atoms with Gasteiger partial charge in [0.25, 0.3) is 0 Å². The molecule has 0 saturated heterocycles. The fourth-order valence-electron chi connectivity index (χ4n) is 2.89. The van der Waals surface area contributed by atoms with E-state index in [0.29, 0.717) is 13.0 Å². The number of carbonyl (C=O) groups is 1. The minimum Gasteiger partial charge on any atom is -0.491 e. The van der Waals surface area contributed by atoms with Crippen LogP contribution in [0.1, 0.15) is 31.2 Å². The van der Waals surface area contributed by atoms with Crippen molar-refractivity contribution in [2.24, 2.45) is 0 Å². The van der Waals surface area contributed by atoms with Gasteiger partial charge in [0, 0.05) is 24.4 Å². The highest BCUT2D eigenvalue weighted by atomic mass is 19.1. The smallest absolute Gasteiger partial charge is 0.220 e. The van der Waals surface area contributed by atoms with Gasteiger partial charge in [0.05, 0.1) is 6.61 Å². The van der Waals surface area contributed by atoms with Crippen LogP contribution in [0.25, 0.3) is 0 Å². The molecule has 0 bridgehead atoms. The van der Waals surface area contributed by atoms with Crippen molar-refractivity contribution >= 4 is 5.91 Å². The van der Waals surface area contributed by atoms with E-state index in [1.165, 1.54) is 18.2 Å².